The molecule has 8 heteroatoms. The summed E-state index contributed by atoms with van der Waals surface area (Å²) < 4.78 is 0. The average Bonchev–Trinajstić information content (AvgIpc) is 2.96. The first kappa shape index (κ1) is 16.8. The van der Waals surface area contributed by atoms with Gasteiger partial charge < -0.3 is 15.1 Å². The summed E-state index contributed by atoms with van der Waals surface area (Å²) in [6.45, 7) is 0.299. The summed E-state index contributed by atoms with van der Waals surface area (Å²) >= 11 is 0. The number of carbonyl (C=O) groups is 1. The zero-order valence-corrected chi connectivity index (χ0v) is 14.7. The van der Waals surface area contributed by atoms with Crippen LogP contribution in [0.25, 0.3) is 22.0 Å². The number of hydrogen-bond donors (Lipinski definition) is 2. The van der Waals surface area contributed by atoms with E-state index in [2.05, 4.69) is 25.5 Å². The number of benzene rings is 1. The van der Waals surface area contributed by atoms with Crippen molar-refractivity contribution in [2.24, 2.45) is 0 Å². The van der Waals surface area contributed by atoms with Crippen LogP contribution in [0.4, 0.5) is 11.8 Å². The van der Waals surface area contributed by atoms with Gasteiger partial charge in [0.05, 0.1) is 12.1 Å². The fraction of sp³-hybridized carbons (Fsp3) is 0.294. The number of rotatable bonds is 5. The van der Waals surface area contributed by atoms with Crippen LogP contribution in [0.3, 0.4) is 0 Å². The molecule has 2 heterocycles. The zero-order chi connectivity index (χ0) is 18.0. The van der Waals surface area contributed by atoms with Gasteiger partial charge >= 0.3 is 0 Å². The van der Waals surface area contributed by atoms with Crippen LogP contribution in [-0.4, -0.2) is 65.7 Å². The Morgan fingerprint density at radius 3 is 2.48 bits per heavy atom. The van der Waals surface area contributed by atoms with Gasteiger partial charge in [0.15, 0.2) is 5.82 Å². The second kappa shape index (κ2) is 6.86. The number of anilines is 2. The highest BCUT2D eigenvalue weighted by molar-refractivity contribution is 6.01. The van der Waals surface area contributed by atoms with Crippen LogP contribution in [0.1, 0.15) is 0 Å². The van der Waals surface area contributed by atoms with Crippen LogP contribution < -0.4 is 10.2 Å². The highest BCUT2D eigenvalue weighted by atomic mass is 16.2. The maximum absolute atomic E-state index is 12.0. The first-order valence-corrected chi connectivity index (χ1v) is 7.86. The number of fused-ring (bicyclic) bond motifs is 1. The molecule has 0 bridgehead atoms. The minimum absolute atomic E-state index is 0.109. The first-order valence-electron chi connectivity index (χ1n) is 7.86. The van der Waals surface area contributed by atoms with Crippen molar-refractivity contribution in [3.63, 3.8) is 0 Å². The highest BCUT2D eigenvalue weighted by Crippen LogP contribution is 2.27. The van der Waals surface area contributed by atoms with Crippen molar-refractivity contribution in [2.75, 3.05) is 45.0 Å². The molecular formula is C17H21N7O. The Morgan fingerprint density at radius 1 is 1.12 bits per heavy atom. The van der Waals surface area contributed by atoms with Gasteiger partial charge in [-0.3, -0.25) is 9.89 Å². The molecule has 2 N–H and O–H groups in total. The van der Waals surface area contributed by atoms with E-state index in [9.17, 15) is 4.79 Å². The smallest absolute Gasteiger partial charge is 0.239 e. The lowest BCUT2D eigenvalue weighted by molar-refractivity contribution is -0.116. The number of nitrogens with zero attached hydrogens (tertiary/aromatic N) is 5. The number of H-pyrrole nitrogens is 1. The van der Waals surface area contributed by atoms with Gasteiger partial charge in [-0.1, -0.05) is 6.07 Å². The largest absolute Gasteiger partial charge is 0.347 e. The summed E-state index contributed by atoms with van der Waals surface area (Å²) in [7, 11) is 7.49. The van der Waals surface area contributed by atoms with Crippen LogP contribution in [-0.2, 0) is 4.79 Å². The van der Waals surface area contributed by atoms with Crippen LogP contribution >= 0.6 is 0 Å². The Labute approximate surface area is 145 Å². The fourth-order valence-electron chi connectivity index (χ4n) is 2.45. The lowest BCUT2D eigenvalue weighted by atomic mass is 10.1. The number of aromatic nitrogens is 4. The normalized spacial score (nSPS) is 11.1. The Hall–Kier alpha value is -3.00. The fourth-order valence-corrected chi connectivity index (χ4v) is 2.45. The molecular weight excluding hydrogens is 318 g/mol. The van der Waals surface area contributed by atoms with Crippen molar-refractivity contribution < 1.29 is 4.79 Å². The third-order valence-corrected chi connectivity index (χ3v) is 3.65. The van der Waals surface area contributed by atoms with Crippen molar-refractivity contribution in [3.8, 4) is 11.1 Å². The third-order valence-electron chi connectivity index (χ3n) is 3.65. The number of nitrogens with one attached hydrogen (secondary N) is 2. The summed E-state index contributed by atoms with van der Waals surface area (Å²) in [5.41, 5.74) is 2.72. The van der Waals surface area contributed by atoms with E-state index in [4.69, 9.17) is 0 Å². The predicted molar refractivity (Wildman–Crippen MR) is 98.6 cm³/mol. The maximum atomic E-state index is 12.0. The number of aromatic amines is 1. The Balaban J connectivity index is 1.90. The van der Waals surface area contributed by atoms with Crippen molar-refractivity contribution >= 4 is 28.6 Å². The van der Waals surface area contributed by atoms with Gasteiger partial charge in [0.1, 0.15) is 0 Å². The summed E-state index contributed by atoms with van der Waals surface area (Å²) in [5, 5.41) is 10.8. The average molecular weight is 339 g/mol. The van der Waals surface area contributed by atoms with E-state index >= 15 is 0 Å². The highest BCUT2D eigenvalue weighted by Gasteiger charge is 2.11. The van der Waals surface area contributed by atoms with E-state index in [0.717, 1.165) is 22.0 Å². The van der Waals surface area contributed by atoms with Gasteiger partial charge in [-0.2, -0.15) is 5.10 Å². The molecule has 0 aliphatic rings. The quantitative estimate of drug-likeness (QED) is 0.734. The van der Waals surface area contributed by atoms with E-state index < -0.39 is 0 Å². The second-order valence-corrected chi connectivity index (χ2v) is 6.28. The standard InChI is InChI=1S/C17H21N7O/c1-23(2)10-15(25)20-16-13-7-11(5-6-14(13)21-22-16)12-8-18-17(19-9-12)24(3)4/h5-9H,10H2,1-4H3,(H2,20,21,22,25). The molecule has 0 aliphatic heterocycles. The first-order chi connectivity index (χ1) is 11.9. The molecule has 0 atom stereocenters. The summed E-state index contributed by atoms with van der Waals surface area (Å²) in [6.07, 6.45) is 3.57. The molecule has 8 nitrogen and oxygen atoms in total. The molecule has 0 spiro atoms. The SMILES string of the molecule is CN(C)CC(=O)Nc1n[nH]c2ccc(-c3cnc(N(C)C)nc3)cc12. The van der Waals surface area contributed by atoms with Crippen LogP contribution in [0.15, 0.2) is 30.6 Å². The van der Waals surface area contributed by atoms with Gasteiger partial charge in [0, 0.05) is 37.4 Å². The molecule has 0 saturated heterocycles. The van der Waals surface area contributed by atoms with E-state index in [1.165, 1.54) is 0 Å². The van der Waals surface area contributed by atoms with Gasteiger partial charge in [-0.15, -0.1) is 0 Å². The topological polar surface area (TPSA) is 90.0 Å². The van der Waals surface area contributed by atoms with Gasteiger partial charge in [-0.05, 0) is 31.8 Å². The van der Waals surface area contributed by atoms with E-state index in [0.29, 0.717) is 18.3 Å². The molecule has 130 valence electrons. The minimum atomic E-state index is -0.109. The van der Waals surface area contributed by atoms with Crippen molar-refractivity contribution in [2.45, 2.75) is 0 Å². The van der Waals surface area contributed by atoms with Crippen molar-refractivity contribution in [1.29, 1.82) is 0 Å². The summed E-state index contributed by atoms with van der Waals surface area (Å²) in [6, 6.07) is 5.87. The zero-order valence-electron chi connectivity index (χ0n) is 14.7. The van der Waals surface area contributed by atoms with Crippen molar-refractivity contribution in [1.82, 2.24) is 25.1 Å². The van der Waals surface area contributed by atoms with E-state index in [-0.39, 0.29) is 5.91 Å². The molecule has 0 fully saturated rings. The Kier molecular flexibility index (Phi) is 4.62. The summed E-state index contributed by atoms with van der Waals surface area (Å²) in [4.78, 5) is 24.3. The summed E-state index contributed by atoms with van der Waals surface area (Å²) in [5.74, 6) is 1.07. The van der Waals surface area contributed by atoms with Crippen molar-refractivity contribution in [3.05, 3.63) is 30.6 Å². The monoisotopic (exact) mass is 339 g/mol. The maximum Gasteiger partial charge on any atom is 0.239 e. The molecule has 2 aromatic heterocycles. The lowest BCUT2D eigenvalue weighted by Gasteiger charge is -2.10. The van der Waals surface area contributed by atoms with Gasteiger partial charge in [0.25, 0.3) is 0 Å². The molecule has 0 saturated carbocycles. The number of amides is 1. The molecule has 0 radical (unpaired) electrons. The molecule has 0 aliphatic carbocycles. The predicted octanol–water partition coefficient (Wildman–Crippen LogP) is 1.59. The van der Waals surface area contributed by atoms with E-state index in [1.54, 1.807) is 17.3 Å². The number of hydrogen-bond acceptors (Lipinski definition) is 6. The van der Waals surface area contributed by atoms with E-state index in [1.807, 2.05) is 51.3 Å². The molecule has 1 amide bonds. The van der Waals surface area contributed by atoms with Crippen LogP contribution in [0, 0.1) is 0 Å². The van der Waals surface area contributed by atoms with Crippen LogP contribution in [0.5, 0.6) is 0 Å². The Bertz CT molecular complexity index is 884. The molecule has 0 unspecified atom stereocenters. The van der Waals surface area contributed by atoms with Crippen LogP contribution in [0.2, 0.25) is 0 Å². The number of likely N-dealkylation sites (N-methyl/N-ethyl adjacent to an activating group) is 1. The molecule has 3 rings (SSSR count). The third kappa shape index (κ3) is 3.74. The minimum Gasteiger partial charge on any atom is -0.347 e. The van der Waals surface area contributed by atoms with Gasteiger partial charge in [0.2, 0.25) is 11.9 Å². The molecule has 25 heavy (non-hydrogen) atoms. The second-order valence-electron chi connectivity index (χ2n) is 6.28. The van der Waals surface area contributed by atoms with Gasteiger partial charge in [-0.25, -0.2) is 9.97 Å². The molecule has 3 aromatic rings. The Morgan fingerprint density at radius 2 is 1.84 bits per heavy atom. The number of carbonyl (C=O) groups excluding carboxylic acids is 1. The molecule has 1 aromatic carbocycles. The lowest BCUT2D eigenvalue weighted by Crippen LogP contribution is -2.27.